The van der Waals surface area contributed by atoms with Gasteiger partial charge < -0.3 is 4.74 Å². The van der Waals surface area contributed by atoms with Crippen molar-refractivity contribution in [2.24, 2.45) is 11.8 Å². The number of carbonyl (C=O) groups is 1. The first-order valence-corrected chi connectivity index (χ1v) is 8.66. The predicted molar refractivity (Wildman–Crippen MR) is 96.4 cm³/mol. The fraction of sp³-hybridized carbons (Fsp3) is 0.318. The lowest BCUT2D eigenvalue weighted by Gasteiger charge is -2.20. The van der Waals surface area contributed by atoms with E-state index in [4.69, 9.17) is 4.74 Å². The van der Waals surface area contributed by atoms with Crippen LogP contribution in [0.25, 0.3) is 5.57 Å². The molecule has 0 bridgehead atoms. The molecule has 0 aromatic heterocycles. The number of Topliss-reactive ketones (excluding diaryl/α,β-unsaturated/α-hetero) is 1. The van der Waals surface area contributed by atoms with E-state index in [1.165, 1.54) is 17.6 Å². The third-order valence-corrected chi connectivity index (χ3v) is 5.70. The fourth-order valence-electron chi connectivity index (χ4n) is 4.48. The Labute approximate surface area is 143 Å². The van der Waals surface area contributed by atoms with Crippen LogP contribution in [0.4, 0.5) is 0 Å². The zero-order valence-corrected chi connectivity index (χ0v) is 14.4. The van der Waals surface area contributed by atoms with Crippen molar-refractivity contribution in [3.8, 4) is 5.75 Å². The Bertz CT molecular complexity index is 829. The summed E-state index contributed by atoms with van der Waals surface area (Å²) in [5.74, 6) is 2.74. The molecule has 0 radical (unpaired) electrons. The zero-order chi connectivity index (χ0) is 16.8. The van der Waals surface area contributed by atoms with Crippen molar-refractivity contribution in [3.05, 3.63) is 70.8 Å². The Morgan fingerprint density at radius 3 is 2.42 bits per heavy atom. The molecular formula is C22H22O2. The van der Waals surface area contributed by atoms with Crippen molar-refractivity contribution in [1.29, 1.82) is 0 Å². The maximum absolute atomic E-state index is 13.2. The van der Waals surface area contributed by atoms with Gasteiger partial charge in [0.25, 0.3) is 0 Å². The van der Waals surface area contributed by atoms with Crippen molar-refractivity contribution in [3.63, 3.8) is 0 Å². The first kappa shape index (κ1) is 15.2. The molecule has 0 heterocycles. The van der Waals surface area contributed by atoms with Gasteiger partial charge in [0.05, 0.1) is 7.11 Å². The molecule has 1 saturated carbocycles. The highest BCUT2D eigenvalue weighted by atomic mass is 16.5. The summed E-state index contributed by atoms with van der Waals surface area (Å²) >= 11 is 0. The van der Waals surface area contributed by atoms with Gasteiger partial charge in [-0.2, -0.15) is 0 Å². The van der Waals surface area contributed by atoms with Crippen LogP contribution in [0.2, 0.25) is 0 Å². The molecule has 2 aliphatic rings. The lowest BCUT2D eigenvalue weighted by Crippen LogP contribution is -2.11. The van der Waals surface area contributed by atoms with Gasteiger partial charge in [-0.1, -0.05) is 43.2 Å². The molecule has 0 aliphatic heterocycles. The average molecular weight is 318 g/mol. The molecule has 2 heteroatoms. The van der Waals surface area contributed by atoms with E-state index in [9.17, 15) is 4.79 Å². The number of ketones is 1. The van der Waals surface area contributed by atoms with Gasteiger partial charge in [0.15, 0.2) is 5.78 Å². The molecule has 2 aliphatic carbocycles. The Kier molecular flexibility index (Phi) is 3.56. The van der Waals surface area contributed by atoms with Crippen molar-refractivity contribution < 1.29 is 9.53 Å². The second-order valence-corrected chi connectivity index (χ2v) is 6.83. The van der Waals surface area contributed by atoms with E-state index in [2.05, 4.69) is 32.0 Å². The first-order chi connectivity index (χ1) is 11.7. The van der Waals surface area contributed by atoms with Crippen molar-refractivity contribution in [2.75, 3.05) is 7.11 Å². The zero-order valence-electron chi connectivity index (χ0n) is 14.4. The number of hydrogen-bond acceptors (Lipinski definition) is 2. The molecule has 0 amide bonds. The van der Waals surface area contributed by atoms with Gasteiger partial charge in [-0.15, -0.1) is 0 Å². The van der Waals surface area contributed by atoms with Gasteiger partial charge in [0, 0.05) is 11.1 Å². The molecule has 4 rings (SSSR count). The molecule has 2 aromatic carbocycles. The van der Waals surface area contributed by atoms with Gasteiger partial charge in [-0.3, -0.25) is 4.79 Å². The Morgan fingerprint density at radius 2 is 1.75 bits per heavy atom. The van der Waals surface area contributed by atoms with Crippen LogP contribution in [0, 0.1) is 11.8 Å². The molecule has 0 N–H and O–H groups in total. The quantitative estimate of drug-likeness (QED) is 0.733. The lowest BCUT2D eigenvalue weighted by molar-refractivity contribution is 0.105. The summed E-state index contributed by atoms with van der Waals surface area (Å²) in [7, 11) is 1.64. The minimum Gasteiger partial charge on any atom is -0.497 e. The van der Waals surface area contributed by atoms with Gasteiger partial charge >= 0.3 is 0 Å². The molecular weight excluding hydrogens is 296 g/mol. The minimum atomic E-state index is 0.128. The average Bonchev–Trinajstić information content (AvgIpc) is 3.37. The van der Waals surface area contributed by atoms with E-state index < -0.39 is 0 Å². The molecule has 24 heavy (non-hydrogen) atoms. The van der Waals surface area contributed by atoms with Crippen molar-refractivity contribution in [2.45, 2.75) is 26.2 Å². The van der Waals surface area contributed by atoms with Crippen LogP contribution in [0.5, 0.6) is 5.75 Å². The Balaban J connectivity index is 1.80. The first-order valence-electron chi connectivity index (χ1n) is 8.66. The van der Waals surface area contributed by atoms with Gasteiger partial charge in [0.1, 0.15) is 5.75 Å². The summed E-state index contributed by atoms with van der Waals surface area (Å²) in [5.41, 5.74) is 5.40. The largest absolute Gasteiger partial charge is 0.497 e. The number of allylic oxidation sites excluding steroid dienone is 2. The van der Waals surface area contributed by atoms with Gasteiger partial charge in [-0.05, 0) is 60.1 Å². The maximum atomic E-state index is 13.2. The van der Waals surface area contributed by atoms with Crippen LogP contribution in [-0.2, 0) is 0 Å². The lowest BCUT2D eigenvalue weighted by atomic mass is 9.83. The summed E-state index contributed by atoms with van der Waals surface area (Å²) in [4.78, 5) is 13.2. The van der Waals surface area contributed by atoms with Crippen LogP contribution >= 0.6 is 0 Å². The van der Waals surface area contributed by atoms with Crippen LogP contribution in [0.3, 0.4) is 0 Å². The maximum Gasteiger partial charge on any atom is 0.193 e. The second-order valence-electron chi connectivity index (χ2n) is 6.83. The highest BCUT2D eigenvalue weighted by Gasteiger charge is 2.54. The molecule has 0 saturated heterocycles. The highest BCUT2D eigenvalue weighted by Crippen LogP contribution is 2.64. The van der Waals surface area contributed by atoms with E-state index in [-0.39, 0.29) is 5.78 Å². The van der Waals surface area contributed by atoms with E-state index in [1.54, 1.807) is 7.11 Å². The van der Waals surface area contributed by atoms with E-state index in [0.717, 1.165) is 22.4 Å². The molecule has 1 fully saturated rings. The molecule has 0 spiro atoms. The third kappa shape index (κ3) is 2.13. The van der Waals surface area contributed by atoms with E-state index in [0.29, 0.717) is 17.8 Å². The summed E-state index contributed by atoms with van der Waals surface area (Å²) in [5, 5.41) is 0. The SMILES string of the molecule is CCC1C2c3ccccc3C(C(=O)c3ccc(OC)cc3)=C(C)[C@H]12. The van der Waals surface area contributed by atoms with E-state index >= 15 is 0 Å². The van der Waals surface area contributed by atoms with Crippen LogP contribution < -0.4 is 4.74 Å². The Hall–Kier alpha value is -2.35. The smallest absolute Gasteiger partial charge is 0.193 e. The summed E-state index contributed by atoms with van der Waals surface area (Å²) < 4.78 is 5.20. The highest BCUT2D eigenvalue weighted by molar-refractivity contribution is 6.30. The van der Waals surface area contributed by atoms with E-state index in [1.807, 2.05) is 30.3 Å². The number of fused-ring (bicyclic) bond motifs is 3. The number of methoxy groups -OCH3 is 1. The monoisotopic (exact) mass is 318 g/mol. The third-order valence-electron chi connectivity index (χ3n) is 5.70. The van der Waals surface area contributed by atoms with Crippen molar-refractivity contribution >= 4 is 11.4 Å². The predicted octanol–water partition coefficient (Wildman–Crippen LogP) is 5.10. The van der Waals surface area contributed by atoms with Gasteiger partial charge in [-0.25, -0.2) is 0 Å². The summed E-state index contributed by atoms with van der Waals surface area (Å²) in [6.45, 7) is 4.41. The molecule has 3 atom stereocenters. The van der Waals surface area contributed by atoms with Crippen molar-refractivity contribution in [1.82, 2.24) is 0 Å². The summed E-state index contributed by atoms with van der Waals surface area (Å²) in [6.07, 6.45) is 1.17. The molecule has 2 unspecified atom stereocenters. The number of ether oxygens (including phenoxy) is 1. The number of hydrogen-bond donors (Lipinski definition) is 0. The van der Waals surface area contributed by atoms with Crippen LogP contribution in [-0.4, -0.2) is 12.9 Å². The van der Waals surface area contributed by atoms with Crippen LogP contribution in [0.15, 0.2) is 54.1 Å². The summed E-state index contributed by atoms with van der Waals surface area (Å²) in [6, 6.07) is 15.9. The minimum absolute atomic E-state index is 0.128. The normalized spacial score (nSPS) is 24.2. The van der Waals surface area contributed by atoms with Crippen LogP contribution in [0.1, 0.15) is 47.7 Å². The Morgan fingerprint density at radius 1 is 1.04 bits per heavy atom. The molecule has 2 nitrogen and oxygen atoms in total. The number of benzene rings is 2. The van der Waals surface area contributed by atoms with Gasteiger partial charge in [0.2, 0.25) is 0 Å². The molecule has 2 aromatic rings. The second kappa shape index (κ2) is 5.62. The fourth-order valence-corrected chi connectivity index (χ4v) is 4.48. The molecule has 122 valence electrons. The standard InChI is InChI=1S/C22H22O2/c1-4-16-19-13(2)20(17-7-5-6-8-18(17)21(16)19)22(23)14-9-11-15(24-3)12-10-14/h5-12,16,19,21H,4H2,1-3H3/t16?,19-,21?/m1/s1. The number of rotatable bonds is 4. The number of carbonyl (C=O) groups excluding carboxylic acids is 1. The topological polar surface area (TPSA) is 26.3 Å².